The van der Waals surface area contributed by atoms with E-state index in [0.29, 0.717) is 11.7 Å². The lowest BCUT2D eigenvalue weighted by Crippen LogP contribution is -2.50. The van der Waals surface area contributed by atoms with E-state index < -0.39 is 17.3 Å². The third-order valence-electron chi connectivity index (χ3n) is 5.71. The number of halogens is 1. The number of nitrogens with two attached hydrogens (primary N) is 2. The number of carbonyl (C=O) groups excluding carboxylic acids is 1. The van der Waals surface area contributed by atoms with E-state index in [4.69, 9.17) is 16.9 Å². The van der Waals surface area contributed by atoms with E-state index in [1.807, 2.05) is 18.2 Å². The van der Waals surface area contributed by atoms with Crippen molar-refractivity contribution in [3.05, 3.63) is 77.8 Å². The number of carbonyl (C=O) groups is 1. The molecule has 0 radical (unpaired) electrons. The van der Waals surface area contributed by atoms with Crippen molar-refractivity contribution in [2.45, 2.75) is 43.8 Å². The Balaban J connectivity index is 1.63. The summed E-state index contributed by atoms with van der Waals surface area (Å²) in [6.45, 7) is 0.804. The Morgan fingerprint density at radius 3 is 2.38 bits per heavy atom. The summed E-state index contributed by atoms with van der Waals surface area (Å²) in [5.74, 6) is -1.20. The van der Waals surface area contributed by atoms with Crippen molar-refractivity contribution in [1.29, 1.82) is 5.41 Å². The van der Waals surface area contributed by atoms with Gasteiger partial charge in [-0.05, 0) is 55.5 Å². The highest BCUT2D eigenvalue weighted by atomic mass is 19.1. The van der Waals surface area contributed by atoms with Crippen LogP contribution < -0.4 is 22.1 Å². The molecule has 0 aromatic heterocycles. The van der Waals surface area contributed by atoms with Crippen LogP contribution >= 0.6 is 0 Å². The zero-order chi connectivity index (χ0) is 23.0. The Hall–Kier alpha value is -3.52. The number of amides is 1. The molecule has 2 aromatic rings. The molecule has 1 aliphatic carbocycles. The van der Waals surface area contributed by atoms with Crippen molar-refractivity contribution >= 4 is 23.6 Å². The zero-order valence-corrected chi connectivity index (χ0v) is 17.9. The second-order valence-corrected chi connectivity index (χ2v) is 7.98. The van der Waals surface area contributed by atoms with Crippen molar-refractivity contribution in [2.24, 2.45) is 16.5 Å². The highest BCUT2D eigenvalue weighted by Crippen LogP contribution is 2.27. The minimum atomic E-state index is -0.737. The van der Waals surface area contributed by atoms with Gasteiger partial charge in [0.05, 0.1) is 16.8 Å². The first kappa shape index (κ1) is 23.1. The van der Waals surface area contributed by atoms with Crippen molar-refractivity contribution in [3.8, 4) is 0 Å². The van der Waals surface area contributed by atoms with Crippen LogP contribution in [0.15, 0.2) is 71.4 Å². The summed E-state index contributed by atoms with van der Waals surface area (Å²) in [4.78, 5) is 16.1. The normalized spacial score (nSPS) is 21.7. The molecule has 7 nitrogen and oxygen atoms in total. The number of aliphatic imine (C=N–C) groups is 1. The van der Waals surface area contributed by atoms with Gasteiger partial charge < -0.3 is 27.5 Å². The molecule has 0 bridgehead atoms. The average Bonchev–Trinajstić information content (AvgIpc) is 2.80. The smallest absolute Gasteiger partial charge is 0.253 e. The molecule has 2 aromatic carbocycles. The summed E-state index contributed by atoms with van der Waals surface area (Å²) in [5, 5.41) is 14.7. The highest BCUT2D eigenvalue weighted by molar-refractivity contribution is 6.20. The van der Waals surface area contributed by atoms with Gasteiger partial charge in [0.25, 0.3) is 5.91 Å². The van der Waals surface area contributed by atoms with Gasteiger partial charge in [-0.1, -0.05) is 30.3 Å². The van der Waals surface area contributed by atoms with Crippen LogP contribution in [-0.2, 0) is 11.3 Å². The first-order valence-corrected chi connectivity index (χ1v) is 10.6. The summed E-state index contributed by atoms with van der Waals surface area (Å²) in [6, 6.07) is 16.0. The molecule has 3 rings (SSSR count). The van der Waals surface area contributed by atoms with Gasteiger partial charge in [0.2, 0.25) is 0 Å². The van der Waals surface area contributed by atoms with Gasteiger partial charge in [-0.2, -0.15) is 0 Å². The third-order valence-corrected chi connectivity index (χ3v) is 5.71. The standard InChI is InChI=1S/C24H29FN6O/c25-18-6-8-20(9-7-18)31-22(27)21(23(28)32)15-30-24(16-26)12-10-19(11-13-24)29-14-17-4-2-1-3-5-17/h1-9,15-16,19,26,29-30H,10-14H2,(H2,27,31)(H2,28,32)/b21-15+,26-16?. The van der Waals surface area contributed by atoms with E-state index in [0.717, 1.165) is 32.2 Å². The fraction of sp³-hybridized carbons (Fsp3) is 0.292. The van der Waals surface area contributed by atoms with Crippen LogP contribution in [0.2, 0.25) is 0 Å². The van der Waals surface area contributed by atoms with Crippen molar-refractivity contribution in [1.82, 2.24) is 10.6 Å². The van der Waals surface area contributed by atoms with Crippen molar-refractivity contribution in [2.75, 3.05) is 0 Å². The summed E-state index contributed by atoms with van der Waals surface area (Å²) in [7, 11) is 0. The van der Waals surface area contributed by atoms with Gasteiger partial charge in [0, 0.05) is 25.0 Å². The lowest BCUT2D eigenvalue weighted by atomic mass is 9.80. The molecule has 0 saturated heterocycles. The molecule has 1 saturated carbocycles. The second kappa shape index (κ2) is 10.7. The fourth-order valence-corrected chi connectivity index (χ4v) is 3.73. The SMILES string of the molecule is N=CC1(N/C=C(/C(N)=O)C(N)=Nc2ccc(F)cc2)CCC(NCc2ccccc2)CC1. The van der Waals surface area contributed by atoms with Crippen LogP contribution in [0.4, 0.5) is 10.1 Å². The Bertz CT molecular complexity index is 979. The number of benzene rings is 2. The van der Waals surface area contributed by atoms with Gasteiger partial charge in [-0.3, -0.25) is 4.79 Å². The Kier molecular flexibility index (Phi) is 7.72. The van der Waals surface area contributed by atoms with Gasteiger partial charge >= 0.3 is 0 Å². The molecule has 0 atom stereocenters. The fourth-order valence-electron chi connectivity index (χ4n) is 3.73. The van der Waals surface area contributed by atoms with Crippen LogP contribution in [0.25, 0.3) is 0 Å². The third kappa shape index (κ3) is 6.24. The second-order valence-electron chi connectivity index (χ2n) is 7.98. The number of hydrogen-bond acceptors (Lipinski definition) is 5. The molecule has 0 heterocycles. The monoisotopic (exact) mass is 436 g/mol. The van der Waals surface area contributed by atoms with Crippen LogP contribution in [0, 0.1) is 11.2 Å². The lowest BCUT2D eigenvalue weighted by molar-refractivity contribution is -0.114. The van der Waals surface area contributed by atoms with Crippen LogP contribution in [-0.4, -0.2) is 29.5 Å². The van der Waals surface area contributed by atoms with E-state index in [1.54, 1.807) is 0 Å². The number of nitrogens with zero attached hydrogens (tertiary/aromatic N) is 1. The topological polar surface area (TPSA) is 129 Å². The predicted octanol–water partition coefficient (Wildman–Crippen LogP) is 2.89. The maximum Gasteiger partial charge on any atom is 0.253 e. The molecule has 8 heteroatoms. The number of primary amides is 1. The van der Waals surface area contributed by atoms with Crippen LogP contribution in [0.5, 0.6) is 0 Å². The van der Waals surface area contributed by atoms with Gasteiger partial charge in [-0.15, -0.1) is 0 Å². The molecule has 1 fully saturated rings. The van der Waals surface area contributed by atoms with Crippen molar-refractivity contribution < 1.29 is 9.18 Å². The van der Waals surface area contributed by atoms with E-state index in [-0.39, 0.29) is 11.4 Å². The summed E-state index contributed by atoms with van der Waals surface area (Å²) < 4.78 is 13.1. The Morgan fingerprint density at radius 1 is 1.12 bits per heavy atom. The zero-order valence-electron chi connectivity index (χ0n) is 17.9. The molecule has 1 amide bonds. The van der Waals surface area contributed by atoms with E-state index in [9.17, 15) is 9.18 Å². The summed E-state index contributed by atoms with van der Waals surface area (Å²) in [6.07, 6.45) is 6.03. The van der Waals surface area contributed by atoms with Gasteiger partial charge in [-0.25, -0.2) is 9.38 Å². The molecular formula is C24H29FN6O. The Morgan fingerprint density at radius 2 is 1.78 bits per heavy atom. The summed E-state index contributed by atoms with van der Waals surface area (Å²) >= 11 is 0. The van der Waals surface area contributed by atoms with Crippen molar-refractivity contribution in [3.63, 3.8) is 0 Å². The summed E-state index contributed by atoms with van der Waals surface area (Å²) in [5.41, 5.74) is 12.6. The first-order chi connectivity index (χ1) is 15.4. The minimum absolute atomic E-state index is 0.0138. The molecule has 0 spiro atoms. The largest absolute Gasteiger partial charge is 0.383 e. The molecule has 32 heavy (non-hydrogen) atoms. The number of nitrogens with one attached hydrogen (secondary N) is 3. The molecule has 1 aliphatic rings. The molecular weight excluding hydrogens is 407 g/mol. The maximum atomic E-state index is 13.1. The average molecular weight is 437 g/mol. The maximum absolute atomic E-state index is 13.1. The molecule has 168 valence electrons. The quantitative estimate of drug-likeness (QED) is 0.235. The van der Waals surface area contributed by atoms with E-state index >= 15 is 0 Å². The number of amidine groups is 1. The van der Waals surface area contributed by atoms with Crippen LogP contribution in [0.1, 0.15) is 31.2 Å². The highest BCUT2D eigenvalue weighted by Gasteiger charge is 2.33. The van der Waals surface area contributed by atoms with E-state index in [2.05, 4.69) is 27.8 Å². The molecule has 0 unspecified atom stereocenters. The molecule has 7 N–H and O–H groups in total. The van der Waals surface area contributed by atoms with Gasteiger partial charge in [0.1, 0.15) is 11.7 Å². The Labute approximate surface area is 187 Å². The number of hydrogen-bond donors (Lipinski definition) is 5. The first-order valence-electron chi connectivity index (χ1n) is 10.6. The minimum Gasteiger partial charge on any atom is -0.383 e. The van der Waals surface area contributed by atoms with Gasteiger partial charge in [0.15, 0.2) is 0 Å². The van der Waals surface area contributed by atoms with E-state index in [1.165, 1.54) is 42.2 Å². The predicted molar refractivity (Wildman–Crippen MR) is 125 cm³/mol. The van der Waals surface area contributed by atoms with Crippen LogP contribution in [0.3, 0.4) is 0 Å². The lowest BCUT2D eigenvalue weighted by Gasteiger charge is -2.38. The number of rotatable bonds is 9. The molecule has 0 aliphatic heterocycles.